The molecule has 0 amide bonds. The fourth-order valence-corrected chi connectivity index (χ4v) is 3.31. The Morgan fingerprint density at radius 2 is 2.24 bits per heavy atom. The van der Waals surface area contributed by atoms with Crippen molar-refractivity contribution in [3.05, 3.63) is 29.6 Å². The van der Waals surface area contributed by atoms with E-state index in [4.69, 9.17) is 4.74 Å². The van der Waals surface area contributed by atoms with Crippen LogP contribution in [0.3, 0.4) is 0 Å². The molecule has 1 unspecified atom stereocenters. The number of nitrogens with one attached hydrogen (secondary N) is 1. The number of methoxy groups -OCH3 is 1. The van der Waals surface area contributed by atoms with Crippen LogP contribution in [0.1, 0.15) is 11.6 Å². The van der Waals surface area contributed by atoms with Crippen molar-refractivity contribution < 1.29 is 17.5 Å². The first-order valence-corrected chi connectivity index (χ1v) is 7.11. The summed E-state index contributed by atoms with van der Waals surface area (Å²) >= 11 is 0. The maximum Gasteiger partial charge on any atom is 0.165 e. The number of sulfone groups is 1. The second-order valence-corrected chi connectivity index (χ2v) is 6.24. The summed E-state index contributed by atoms with van der Waals surface area (Å²) in [6.07, 6.45) is 0. The number of hydrogen-bond acceptors (Lipinski definition) is 4. The molecule has 2 rings (SSSR count). The van der Waals surface area contributed by atoms with E-state index in [-0.39, 0.29) is 23.3 Å². The van der Waals surface area contributed by atoms with E-state index in [0.29, 0.717) is 12.1 Å². The van der Waals surface area contributed by atoms with Crippen LogP contribution in [0, 0.1) is 5.82 Å². The zero-order chi connectivity index (χ0) is 12.5. The molecule has 17 heavy (non-hydrogen) atoms. The van der Waals surface area contributed by atoms with Crippen molar-refractivity contribution in [2.45, 2.75) is 6.04 Å². The molecule has 0 aromatic heterocycles. The summed E-state index contributed by atoms with van der Waals surface area (Å²) < 4.78 is 41.3. The van der Waals surface area contributed by atoms with E-state index < -0.39 is 15.7 Å². The van der Waals surface area contributed by atoms with Gasteiger partial charge in [0.1, 0.15) is 0 Å². The SMILES string of the molecule is COc1ccc(C2CS(=O)(=O)CCN2)cc1F. The Morgan fingerprint density at radius 1 is 1.47 bits per heavy atom. The molecule has 1 atom stereocenters. The summed E-state index contributed by atoms with van der Waals surface area (Å²) in [5.41, 5.74) is 0.631. The van der Waals surface area contributed by atoms with Gasteiger partial charge in [0.15, 0.2) is 21.4 Å². The van der Waals surface area contributed by atoms with E-state index in [2.05, 4.69) is 5.32 Å². The standard InChI is InChI=1S/C11H14FNO3S/c1-16-11-3-2-8(6-9(11)12)10-7-17(14,15)5-4-13-10/h2-3,6,10,13H,4-5,7H2,1H3. The van der Waals surface area contributed by atoms with Gasteiger partial charge in [-0.15, -0.1) is 0 Å². The lowest BCUT2D eigenvalue weighted by atomic mass is 10.1. The van der Waals surface area contributed by atoms with Crippen molar-refractivity contribution in [3.8, 4) is 5.75 Å². The van der Waals surface area contributed by atoms with Gasteiger partial charge in [-0.2, -0.15) is 0 Å². The Morgan fingerprint density at radius 3 is 2.82 bits per heavy atom. The molecule has 4 nitrogen and oxygen atoms in total. The van der Waals surface area contributed by atoms with E-state index in [1.807, 2.05) is 0 Å². The number of hydrogen-bond donors (Lipinski definition) is 1. The van der Waals surface area contributed by atoms with Crippen LogP contribution in [0.4, 0.5) is 4.39 Å². The number of halogens is 1. The van der Waals surface area contributed by atoms with Crippen molar-refractivity contribution in [1.82, 2.24) is 5.32 Å². The van der Waals surface area contributed by atoms with E-state index in [0.717, 1.165) is 0 Å². The Labute approximate surface area is 99.7 Å². The van der Waals surface area contributed by atoms with Crippen LogP contribution in [0.15, 0.2) is 18.2 Å². The van der Waals surface area contributed by atoms with Gasteiger partial charge in [-0.05, 0) is 17.7 Å². The zero-order valence-electron chi connectivity index (χ0n) is 9.44. The van der Waals surface area contributed by atoms with E-state index >= 15 is 0 Å². The molecule has 1 aliphatic rings. The smallest absolute Gasteiger partial charge is 0.165 e. The number of benzene rings is 1. The maximum atomic E-state index is 13.5. The third-order valence-corrected chi connectivity index (χ3v) is 4.47. The van der Waals surface area contributed by atoms with Crippen molar-refractivity contribution in [2.75, 3.05) is 25.2 Å². The van der Waals surface area contributed by atoms with Gasteiger partial charge < -0.3 is 10.1 Å². The molecular weight excluding hydrogens is 245 g/mol. The predicted molar refractivity (Wildman–Crippen MR) is 62.3 cm³/mol. The van der Waals surface area contributed by atoms with Crippen LogP contribution in [-0.2, 0) is 9.84 Å². The number of rotatable bonds is 2. The van der Waals surface area contributed by atoms with E-state index in [9.17, 15) is 12.8 Å². The molecule has 1 aromatic carbocycles. The van der Waals surface area contributed by atoms with Crippen LogP contribution in [-0.4, -0.2) is 33.6 Å². The second-order valence-electron chi connectivity index (χ2n) is 4.02. The highest BCUT2D eigenvalue weighted by Gasteiger charge is 2.25. The highest BCUT2D eigenvalue weighted by molar-refractivity contribution is 7.91. The predicted octanol–water partition coefficient (Wildman–Crippen LogP) is 0.893. The normalized spacial score (nSPS) is 23.3. The number of ether oxygens (including phenoxy) is 1. The Kier molecular flexibility index (Phi) is 3.35. The quantitative estimate of drug-likeness (QED) is 0.857. The topological polar surface area (TPSA) is 55.4 Å². The summed E-state index contributed by atoms with van der Waals surface area (Å²) in [4.78, 5) is 0. The van der Waals surface area contributed by atoms with E-state index in [1.54, 1.807) is 6.07 Å². The van der Waals surface area contributed by atoms with Crippen LogP contribution in [0.2, 0.25) is 0 Å². The van der Waals surface area contributed by atoms with Gasteiger partial charge in [-0.3, -0.25) is 0 Å². The third-order valence-electron chi connectivity index (χ3n) is 2.80. The first-order chi connectivity index (χ1) is 8.02. The first-order valence-electron chi connectivity index (χ1n) is 5.29. The fraction of sp³-hybridized carbons (Fsp3) is 0.455. The molecular formula is C11H14FNO3S. The van der Waals surface area contributed by atoms with Gasteiger partial charge in [0.2, 0.25) is 0 Å². The molecule has 94 valence electrons. The first kappa shape index (κ1) is 12.3. The largest absolute Gasteiger partial charge is 0.494 e. The molecule has 0 bridgehead atoms. The summed E-state index contributed by atoms with van der Waals surface area (Å²) in [7, 11) is -1.63. The molecule has 0 spiro atoms. The van der Waals surface area contributed by atoms with Crippen LogP contribution < -0.4 is 10.1 Å². The van der Waals surface area contributed by atoms with Crippen molar-refractivity contribution in [1.29, 1.82) is 0 Å². The lowest BCUT2D eigenvalue weighted by molar-refractivity contribution is 0.385. The minimum atomic E-state index is -3.02. The van der Waals surface area contributed by atoms with Gasteiger partial charge in [-0.1, -0.05) is 6.07 Å². The molecule has 0 aliphatic carbocycles. The van der Waals surface area contributed by atoms with Crippen LogP contribution >= 0.6 is 0 Å². The molecule has 1 aliphatic heterocycles. The lowest BCUT2D eigenvalue weighted by Crippen LogP contribution is -2.39. The molecule has 1 heterocycles. The van der Waals surface area contributed by atoms with Gasteiger partial charge in [0, 0.05) is 12.6 Å². The van der Waals surface area contributed by atoms with Crippen molar-refractivity contribution in [2.24, 2.45) is 0 Å². The summed E-state index contributed by atoms with van der Waals surface area (Å²) in [5, 5.41) is 3.07. The minimum absolute atomic E-state index is 0.0127. The molecule has 1 aromatic rings. The average molecular weight is 259 g/mol. The average Bonchev–Trinajstić information content (AvgIpc) is 2.27. The summed E-state index contributed by atoms with van der Waals surface area (Å²) in [5.74, 6) is -0.164. The van der Waals surface area contributed by atoms with Crippen molar-refractivity contribution in [3.63, 3.8) is 0 Å². The molecule has 1 N–H and O–H groups in total. The Hall–Kier alpha value is -1.14. The molecule has 1 fully saturated rings. The molecule has 1 saturated heterocycles. The Balaban J connectivity index is 2.25. The molecule has 0 saturated carbocycles. The maximum absolute atomic E-state index is 13.5. The van der Waals surface area contributed by atoms with Gasteiger partial charge in [0.05, 0.1) is 18.6 Å². The van der Waals surface area contributed by atoms with E-state index in [1.165, 1.54) is 19.2 Å². The monoisotopic (exact) mass is 259 g/mol. The second kappa shape index (κ2) is 4.62. The molecule has 0 radical (unpaired) electrons. The summed E-state index contributed by atoms with van der Waals surface area (Å²) in [6.45, 7) is 0.403. The van der Waals surface area contributed by atoms with Crippen LogP contribution in [0.25, 0.3) is 0 Å². The van der Waals surface area contributed by atoms with Crippen molar-refractivity contribution >= 4 is 9.84 Å². The molecule has 6 heteroatoms. The third kappa shape index (κ3) is 2.76. The highest BCUT2D eigenvalue weighted by atomic mass is 32.2. The van der Waals surface area contributed by atoms with Crippen LogP contribution in [0.5, 0.6) is 5.75 Å². The van der Waals surface area contributed by atoms with Gasteiger partial charge >= 0.3 is 0 Å². The van der Waals surface area contributed by atoms with Gasteiger partial charge in [0.25, 0.3) is 0 Å². The lowest BCUT2D eigenvalue weighted by Gasteiger charge is -2.24. The zero-order valence-corrected chi connectivity index (χ0v) is 10.3. The fourth-order valence-electron chi connectivity index (χ4n) is 1.90. The van der Waals surface area contributed by atoms with Gasteiger partial charge in [-0.25, -0.2) is 12.8 Å². The summed E-state index contributed by atoms with van der Waals surface area (Å²) in [6, 6.07) is 4.17. The highest BCUT2D eigenvalue weighted by Crippen LogP contribution is 2.24. The minimum Gasteiger partial charge on any atom is -0.494 e. The Bertz CT molecular complexity index is 515.